The third-order valence-electron chi connectivity index (χ3n) is 12.6. The zero-order valence-corrected chi connectivity index (χ0v) is 34.6. The molecule has 0 amide bonds. The minimum Gasteiger partial charge on any atom is -0.310 e. The molecule has 0 radical (unpaired) electrons. The number of benzene rings is 10. The second-order valence-corrected chi connectivity index (χ2v) is 16.2. The minimum atomic E-state index is -0.694. The minimum absolute atomic E-state index is 0.694. The summed E-state index contributed by atoms with van der Waals surface area (Å²) in [6, 6.07) is 91.1. The van der Waals surface area contributed by atoms with Crippen LogP contribution in [0.25, 0.3) is 33.0 Å². The molecule has 0 saturated carbocycles. The number of aryl methyl sites for hydroxylation is 1. The Labute approximate surface area is 364 Å². The van der Waals surface area contributed by atoms with Crippen LogP contribution in [-0.4, -0.2) is 0 Å². The second kappa shape index (κ2) is 15.6. The van der Waals surface area contributed by atoms with E-state index in [2.05, 4.69) is 265 Å². The molecule has 1 aliphatic carbocycles. The predicted octanol–water partition coefficient (Wildman–Crippen LogP) is 16.1. The largest absolute Gasteiger partial charge is 0.310 e. The van der Waals surface area contributed by atoms with Crippen LogP contribution < -0.4 is 9.80 Å². The first-order valence-electron chi connectivity index (χ1n) is 21.4. The summed E-state index contributed by atoms with van der Waals surface area (Å²) >= 11 is 0. The summed E-state index contributed by atoms with van der Waals surface area (Å²) in [7, 11) is 0. The molecular formula is C60H44N2. The van der Waals surface area contributed by atoms with Gasteiger partial charge in [-0.05, 0) is 124 Å². The Morgan fingerprint density at radius 1 is 0.323 bits per heavy atom. The maximum absolute atomic E-state index is 2.51. The molecular weight excluding hydrogens is 749 g/mol. The number of para-hydroxylation sites is 4. The van der Waals surface area contributed by atoms with Gasteiger partial charge in [0.05, 0.1) is 11.1 Å². The van der Waals surface area contributed by atoms with E-state index in [1.54, 1.807) is 0 Å². The molecule has 1 unspecified atom stereocenters. The maximum Gasteiger partial charge on any atom is 0.0715 e. The van der Waals surface area contributed by atoms with Crippen molar-refractivity contribution in [2.24, 2.45) is 0 Å². The molecule has 0 aromatic heterocycles. The van der Waals surface area contributed by atoms with Gasteiger partial charge in [0, 0.05) is 33.8 Å². The molecule has 10 aromatic rings. The maximum atomic E-state index is 2.51. The number of fused-ring (bicyclic) bond motifs is 5. The van der Waals surface area contributed by atoms with Gasteiger partial charge < -0.3 is 9.80 Å². The van der Waals surface area contributed by atoms with Gasteiger partial charge in [0.25, 0.3) is 0 Å². The van der Waals surface area contributed by atoms with Crippen LogP contribution in [0.1, 0.15) is 27.8 Å². The fraction of sp³-hybridized carbons (Fsp3) is 0.0333. The SMILES string of the molecule is Cc1ccc(C2(c3ccc(-c4ccccc4)cc3)c3cc(N(c4ccccc4)c4ccccc4)ccc3-c3c2cc(N(c2ccccc2)c2ccccc2)c2ccccc32)cc1. The predicted molar refractivity (Wildman–Crippen MR) is 261 cm³/mol. The van der Waals surface area contributed by atoms with Crippen molar-refractivity contribution in [3.05, 3.63) is 277 Å². The highest BCUT2D eigenvalue weighted by atomic mass is 15.1. The normalized spacial score (nSPS) is 14.0. The molecule has 1 aliphatic rings. The Kier molecular flexibility index (Phi) is 9.32. The Balaban J connectivity index is 1.27. The van der Waals surface area contributed by atoms with E-state index in [9.17, 15) is 0 Å². The van der Waals surface area contributed by atoms with E-state index in [0.29, 0.717) is 0 Å². The molecule has 10 aromatic carbocycles. The van der Waals surface area contributed by atoms with Crippen molar-refractivity contribution < 1.29 is 0 Å². The lowest BCUT2D eigenvalue weighted by atomic mass is 9.67. The summed E-state index contributed by atoms with van der Waals surface area (Å²) in [5, 5.41) is 2.42. The van der Waals surface area contributed by atoms with Crippen molar-refractivity contribution in [1.82, 2.24) is 0 Å². The molecule has 2 nitrogen and oxygen atoms in total. The van der Waals surface area contributed by atoms with E-state index in [0.717, 1.165) is 34.1 Å². The van der Waals surface area contributed by atoms with Crippen molar-refractivity contribution in [2.75, 3.05) is 9.80 Å². The number of rotatable bonds is 9. The van der Waals surface area contributed by atoms with Crippen LogP contribution in [0.3, 0.4) is 0 Å². The van der Waals surface area contributed by atoms with Crippen molar-refractivity contribution in [3.63, 3.8) is 0 Å². The quantitative estimate of drug-likeness (QED) is 0.144. The standard InChI is InChI=1S/C60H44N2/c1-43-31-35-46(36-32-43)60(47-37-33-45(34-38-47)44-19-7-2-8-20-44)56-41-52(61(48-21-9-3-10-22-48)49-23-11-4-12-24-49)39-40-55(56)59-54-30-18-17-29-53(54)58(42-57(59)60)62(50-25-13-5-14-26-50)51-27-15-6-16-28-51/h2-42H,1H3. The summed E-state index contributed by atoms with van der Waals surface area (Å²) in [5.74, 6) is 0. The smallest absolute Gasteiger partial charge is 0.0715 e. The van der Waals surface area contributed by atoms with Gasteiger partial charge in [0.1, 0.15) is 0 Å². The van der Waals surface area contributed by atoms with Crippen molar-refractivity contribution in [2.45, 2.75) is 12.3 Å². The molecule has 1 atom stereocenters. The van der Waals surface area contributed by atoms with E-state index in [-0.39, 0.29) is 0 Å². The molecule has 294 valence electrons. The molecule has 0 heterocycles. The summed E-state index contributed by atoms with van der Waals surface area (Å²) in [4.78, 5) is 4.82. The number of nitrogens with zero attached hydrogens (tertiary/aromatic N) is 2. The highest BCUT2D eigenvalue weighted by molar-refractivity contribution is 6.11. The first kappa shape index (κ1) is 37.1. The van der Waals surface area contributed by atoms with Crippen LogP contribution in [0.2, 0.25) is 0 Å². The summed E-state index contributed by atoms with van der Waals surface area (Å²) in [6.45, 7) is 2.18. The fourth-order valence-corrected chi connectivity index (χ4v) is 9.79. The summed E-state index contributed by atoms with van der Waals surface area (Å²) in [5.41, 5.74) is 17.1. The first-order chi connectivity index (χ1) is 30.7. The molecule has 0 spiro atoms. The van der Waals surface area contributed by atoms with Gasteiger partial charge in [-0.1, -0.05) is 188 Å². The molecule has 0 bridgehead atoms. The van der Waals surface area contributed by atoms with Gasteiger partial charge >= 0.3 is 0 Å². The first-order valence-corrected chi connectivity index (χ1v) is 21.4. The monoisotopic (exact) mass is 792 g/mol. The Morgan fingerprint density at radius 2 is 0.758 bits per heavy atom. The topological polar surface area (TPSA) is 6.48 Å². The fourth-order valence-electron chi connectivity index (χ4n) is 9.79. The Hall–Kier alpha value is -7.94. The summed E-state index contributed by atoms with van der Waals surface area (Å²) < 4.78 is 0. The molecule has 11 rings (SSSR count). The molecule has 0 saturated heterocycles. The van der Waals surface area contributed by atoms with E-state index < -0.39 is 5.41 Å². The van der Waals surface area contributed by atoms with E-state index in [1.165, 1.54) is 60.8 Å². The number of hydrogen-bond acceptors (Lipinski definition) is 2. The highest BCUT2D eigenvalue weighted by Crippen LogP contribution is 2.61. The third kappa shape index (κ3) is 6.19. The van der Waals surface area contributed by atoms with Crippen LogP contribution in [0, 0.1) is 6.92 Å². The number of hydrogen-bond donors (Lipinski definition) is 0. The second-order valence-electron chi connectivity index (χ2n) is 16.2. The Bertz CT molecular complexity index is 3070. The lowest BCUT2D eigenvalue weighted by Gasteiger charge is -2.36. The van der Waals surface area contributed by atoms with Crippen LogP contribution >= 0.6 is 0 Å². The van der Waals surface area contributed by atoms with E-state index >= 15 is 0 Å². The van der Waals surface area contributed by atoms with Crippen LogP contribution in [-0.2, 0) is 5.41 Å². The van der Waals surface area contributed by atoms with Crippen molar-refractivity contribution in [3.8, 4) is 22.3 Å². The lowest BCUT2D eigenvalue weighted by molar-refractivity contribution is 0.768. The average Bonchev–Trinajstić information content (AvgIpc) is 3.64. The third-order valence-corrected chi connectivity index (χ3v) is 12.6. The highest BCUT2D eigenvalue weighted by Gasteiger charge is 2.48. The van der Waals surface area contributed by atoms with E-state index in [4.69, 9.17) is 0 Å². The van der Waals surface area contributed by atoms with Gasteiger partial charge in [0.15, 0.2) is 0 Å². The molecule has 62 heavy (non-hydrogen) atoms. The van der Waals surface area contributed by atoms with Crippen LogP contribution in [0.5, 0.6) is 0 Å². The van der Waals surface area contributed by atoms with Gasteiger partial charge in [-0.2, -0.15) is 0 Å². The van der Waals surface area contributed by atoms with Gasteiger partial charge in [-0.3, -0.25) is 0 Å². The molecule has 2 heteroatoms. The number of anilines is 6. The zero-order valence-electron chi connectivity index (χ0n) is 34.6. The van der Waals surface area contributed by atoms with Crippen LogP contribution in [0.15, 0.2) is 249 Å². The molecule has 0 aliphatic heterocycles. The van der Waals surface area contributed by atoms with E-state index in [1.807, 2.05) is 0 Å². The molecule has 0 fully saturated rings. The zero-order chi connectivity index (χ0) is 41.5. The lowest BCUT2D eigenvalue weighted by Crippen LogP contribution is -2.29. The molecule has 0 N–H and O–H groups in total. The van der Waals surface area contributed by atoms with Crippen molar-refractivity contribution >= 4 is 44.9 Å². The van der Waals surface area contributed by atoms with Crippen LogP contribution in [0.4, 0.5) is 34.1 Å². The van der Waals surface area contributed by atoms with Crippen molar-refractivity contribution in [1.29, 1.82) is 0 Å². The van der Waals surface area contributed by atoms with Gasteiger partial charge in [0.2, 0.25) is 0 Å². The Morgan fingerprint density at radius 3 is 1.29 bits per heavy atom. The van der Waals surface area contributed by atoms with Gasteiger partial charge in [-0.25, -0.2) is 0 Å². The van der Waals surface area contributed by atoms with Gasteiger partial charge in [-0.15, -0.1) is 0 Å². The average molecular weight is 793 g/mol. The summed E-state index contributed by atoms with van der Waals surface area (Å²) in [6.07, 6.45) is 0.